The molecule has 1 aliphatic carbocycles. The van der Waals surface area contributed by atoms with Crippen LogP contribution in [0.4, 0.5) is 0 Å². The third-order valence-electron chi connectivity index (χ3n) is 3.24. The van der Waals surface area contributed by atoms with Gasteiger partial charge in [-0.15, -0.1) is 0 Å². The standard InChI is InChI=1S/C15H22N2O3/c1-19-10-11-3-2-4-13(9-11)20-8-7-14(15(16)18)17-12-5-6-12/h2-4,9,12,14,17H,5-8,10H2,1H3,(H2,16,18). The van der Waals surface area contributed by atoms with Crippen LogP contribution in [0.15, 0.2) is 24.3 Å². The van der Waals surface area contributed by atoms with E-state index in [9.17, 15) is 4.79 Å². The highest BCUT2D eigenvalue weighted by atomic mass is 16.5. The molecule has 3 N–H and O–H groups in total. The van der Waals surface area contributed by atoms with E-state index in [2.05, 4.69) is 5.32 Å². The third kappa shape index (κ3) is 4.83. The number of rotatable bonds is 9. The third-order valence-corrected chi connectivity index (χ3v) is 3.24. The fraction of sp³-hybridized carbons (Fsp3) is 0.533. The molecular formula is C15H22N2O3. The van der Waals surface area contributed by atoms with Gasteiger partial charge in [-0.1, -0.05) is 12.1 Å². The summed E-state index contributed by atoms with van der Waals surface area (Å²) in [7, 11) is 1.66. The van der Waals surface area contributed by atoms with Crippen LogP contribution in [0.25, 0.3) is 0 Å². The molecule has 110 valence electrons. The van der Waals surface area contributed by atoms with Gasteiger partial charge < -0.3 is 20.5 Å². The van der Waals surface area contributed by atoms with Crippen molar-refractivity contribution in [1.82, 2.24) is 5.32 Å². The number of carbonyl (C=O) groups is 1. The minimum atomic E-state index is -0.311. The van der Waals surface area contributed by atoms with Gasteiger partial charge in [0.05, 0.1) is 19.3 Å². The quantitative estimate of drug-likeness (QED) is 0.712. The lowest BCUT2D eigenvalue weighted by Gasteiger charge is -2.15. The number of hydrogen-bond donors (Lipinski definition) is 2. The van der Waals surface area contributed by atoms with Crippen molar-refractivity contribution >= 4 is 5.91 Å². The Labute approximate surface area is 119 Å². The average molecular weight is 278 g/mol. The molecule has 1 aromatic carbocycles. The summed E-state index contributed by atoms with van der Waals surface area (Å²) in [4.78, 5) is 11.3. The molecule has 1 unspecified atom stereocenters. The van der Waals surface area contributed by atoms with Crippen LogP contribution in [0, 0.1) is 0 Å². The van der Waals surface area contributed by atoms with Crippen LogP contribution >= 0.6 is 0 Å². The second-order valence-corrected chi connectivity index (χ2v) is 5.11. The second-order valence-electron chi connectivity index (χ2n) is 5.11. The van der Waals surface area contributed by atoms with E-state index in [-0.39, 0.29) is 11.9 Å². The van der Waals surface area contributed by atoms with Crippen molar-refractivity contribution in [2.75, 3.05) is 13.7 Å². The molecule has 0 heterocycles. The lowest BCUT2D eigenvalue weighted by atomic mass is 10.2. The molecule has 20 heavy (non-hydrogen) atoms. The zero-order chi connectivity index (χ0) is 14.4. The Morgan fingerprint density at radius 3 is 2.95 bits per heavy atom. The van der Waals surface area contributed by atoms with Crippen LogP contribution in [0.1, 0.15) is 24.8 Å². The summed E-state index contributed by atoms with van der Waals surface area (Å²) in [5.41, 5.74) is 6.44. The molecule has 0 aromatic heterocycles. The number of benzene rings is 1. The molecule has 1 saturated carbocycles. The maximum atomic E-state index is 11.3. The van der Waals surface area contributed by atoms with Crippen molar-refractivity contribution in [1.29, 1.82) is 0 Å². The zero-order valence-corrected chi connectivity index (χ0v) is 11.8. The molecule has 0 spiro atoms. The van der Waals surface area contributed by atoms with Crippen LogP contribution in [-0.2, 0) is 16.1 Å². The summed E-state index contributed by atoms with van der Waals surface area (Å²) in [5.74, 6) is 0.475. The Bertz CT molecular complexity index is 446. The van der Waals surface area contributed by atoms with Crippen molar-refractivity contribution < 1.29 is 14.3 Å². The van der Waals surface area contributed by atoms with Gasteiger partial charge in [-0.2, -0.15) is 0 Å². The molecule has 1 amide bonds. The number of primary amides is 1. The number of hydrogen-bond acceptors (Lipinski definition) is 4. The van der Waals surface area contributed by atoms with E-state index in [0.29, 0.717) is 25.7 Å². The Balaban J connectivity index is 1.78. The van der Waals surface area contributed by atoms with Gasteiger partial charge >= 0.3 is 0 Å². The van der Waals surface area contributed by atoms with Crippen LogP contribution in [-0.4, -0.2) is 31.7 Å². The predicted molar refractivity (Wildman–Crippen MR) is 76.4 cm³/mol. The molecule has 1 fully saturated rings. The van der Waals surface area contributed by atoms with Gasteiger partial charge in [-0.05, 0) is 30.5 Å². The van der Waals surface area contributed by atoms with Crippen LogP contribution in [0.3, 0.4) is 0 Å². The fourth-order valence-corrected chi connectivity index (χ4v) is 2.03. The molecule has 0 bridgehead atoms. The Morgan fingerprint density at radius 1 is 1.50 bits per heavy atom. The van der Waals surface area contributed by atoms with Gasteiger partial charge in [0.2, 0.25) is 5.91 Å². The van der Waals surface area contributed by atoms with Gasteiger partial charge in [0.1, 0.15) is 5.75 Å². The first-order valence-electron chi connectivity index (χ1n) is 6.95. The van der Waals surface area contributed by atoms with E-state index >= 15 is 0 Å². The first-order valence-corrected chi connectivity index (χ1v) is 6.95. The van der Waals surface area contributed by atoms with Gasteiger partial charge in [-0.3, -0.25) is 4.79 Å². The number of nitrogens with two attached hydrogens (primary N) is 1. The van der Waals surface area contributed by atoms with Gasteiger partial charge in [-0.25, -0.2) is 0 Å². The number of amides is 1. The van der Waals surface area contributed by atoms with Crippen molar-refractivity contribution in [3.05, 3.63) is 29.8 Å². The molecular weight excluding hydrogens is 256 g/mol. The van der Waals surface area contributed by atoms with E-state index in [1.54, 1.807) is 7.11 Å². The minimum Gasteiger partial charge on any atom is -0.494 e. The molecule has 5 nitrogen and oxygen atoms in total. The summed E-state index contributed by atoms with van der Waals surface area (Å²) in [5, 5.41) is 3.23. The van der Waals surface area contributed by atoms with E-state index in [0.717, 1.165) is 24.2 Å². The number of methoxy groups -OCH3 is 1. The summed E-state index contributed by atoms with van der Waals surface area (Å²) < 4.78 is 10.8. The largest absolute Gasteiger partial charge is 0.494 e. The highest BCUT2D eigenvalue weighted by Gasteiger charge is 2.26. The molecule has 5 heteroatoms. The van der Waals surface area contributed by atoms with Gasteiger partial charge in [0, 0.05) is 19.6 Å². The lowest BCUT2D eigenvalue weighted by molar-refractivity contribution is -0.120. The highest BCUT2D eigenvalue weighted by Crippen LogP contribution is 2.20. The van der Waals surface area contributed by atoms with E-state index in [1.165, 1.54) is 0 Å². The first kappa shape index (κ1) is 14.8. The SMILES string of the molecule is COCc1cccc(OCCC(NC2CC2)C(N)=O)c1. The normalized spacial score (nSPS) is 15.8. The fourth-order valence-electron chi connectivity index (χ4n) is 2.03. The summed E-state index contributed by atoms with van der Waals surface area (Å²) in [6.07, 6.45) is 2.84. The molecule has 1 atom stereocenters. The summed E-state index contributed by atoms with van der Waals surface area (Å²) >= 11 is 0. The van der Waals surface area contributed by atoms with Gasteiger partial charge in [0.25, 0.3) is 0 Å². The van der Waals surface area contributed by atoms with Crippen molar-refractivity contribution in [3.63, 3.8) is 0 Å². The zero-order valence-electron chi connectivity index (χ0n) is 11.8. The molecule has 0 radical (unpaired) electrons. The van der Waals surface area contributed by atoms with E-state index < -0.39 is 0 Å². The first-order chi connectivity index (χ1) is 9.69. The smallest absolute Gasteiger partial charge is 0.234 e. The topological polar surface area (TPSA) is 73.6 Å². The molecule has 1 aromatic rings. The summed E-state index contributed by atoms with van der Waals surface area (Å²) in [6.45, 7) is 1.02. The molecule has 2 rings (SSSR count). The van der Waals surface area contributed by atoms with E-state index in [4.69, 9.17) is 15.2 Å². The van der Waals surface area contributed by atoms with E-state index in [1.807, 2.05) is 24.3 Å². The molecule has 0 aliphatic heterocycles. The number of carbonyl (C=O) groups excluding carboxylic acids is 1. The minimum absolute atomic E-state index is 0.301. The van der Waals surface area contributed by atoms with Crippen molar-refractivity contribution in [3.8, 4) is 5.75 Å². The Morgan fingerprint density at radius 2 is 2.30 bits per heavy atom. The number of nitrogens with one attached hydrogen (secondary N) is 1. The van der Waals surface area contributed by atoms with Crippen molar-refractivity contribution in [2.24, 2.45) is 5.73 Å². The lowest BCUT2D eigenvalue weighted by Crippen LogP contribution is -2.43. The Hall–Kier alpha value is -1.59. The number of ether oxygens (including phenoxy) is 2. The van der Waals surface area contributed by atoms with Crippen molar-refractivity contribution in [2.45, 2.75) is 38.0 Å². The van der Waals surface area contributed by atoms with Gasteiger partial charge in [0.15, 0.2) is 0 Å². The average Bonchev–Trinajstić information content (AvgIpc) is 3.22. The molecule has 1 aliphatic rings. The predicted octanol–water partition coefficient (Wildman–Crippen LogP) is 1.21. The van der Waals surface area contributed by atoms with Crippen LogP contribution in [0.5, 0.6) is 5.75 Å². The van der Waals surface area contributed by atoms with Crippen LogP contribution < -0.4 is 15.8 Å². The second kappa shape index (κ2) is 7.26. The van der Waals surface area contributed by atoms with Crippen LogP contribution in [0.2, 0.25) is 0 Å². The monoisotopic (exact) mass is 278 g/mol. The molecule has 0 saturated heterocycles. The highest BCUT2D eigenvalue weighted by molar-refractivity contribution is 5.79. The summed E-state index contributed by atoms with van der Waals surface area (Å²) in [6, 6.07) is 7.90. The Kier molecular flexibility index (Phi) is 5.38. The maximum Gasteiger partial charge on any atom is 0.234 e. The maximum absolute atomic E-state index is 11.3.